The fourth-order valence-corrected chi connectivity index (χ4v) is 4.76. The molecule has 0 bridgehead atoms. The van der Waals surface area contributed by atoms with Crippen molar-refractivity contribution in [3.05, 3.63) is 65.3 Å². The van der Waals surface area contributed by atoms with Gasteiger partial charge < -0.3 is 4.74 Å². The van der Waals surface area contributed by atoms with Crippen LogP contribution in [0.1, 0.15) is 49.8 Å². The Morgan fingerprint density at radius 1 is 1.29 bits per heavy atom. The highest BCUT2D eigenvalue weighted by atomic mass is 35.5. The summed E-state index contributed by atoms with van der Waals surface area (Å²) in [7, 11) is 0. The molecule has 2 aliphatic rings. The van der Waals surface area contributed by atoms with Gasteiger partial charge in [0.2, 0.25) is 0 Å². The lowest BCUT2D eigenvalue weighted by Crippen LogP contribution is -2.42. The van der Waals surface area contributed by atoms with Crippen LogP contribution in [0, 0.1) is 11.7 Å². The first kappa shape index (κ1) is 27.4. The molecule has 1 aliphatic heterocycles. The third-order valence-corrected chi connectivity index (χ3v) is 7.06. The molecule has 0 N–H and O–H groups in total. The molecule has 1 aromatic carbocycles. The number of aromatic nitrogens is 2. The quantitative estimate of drug-likeness (QED) is 0.281. The third kappa shape index (κ3) is 7.18. The summed E-state index contributed by atoms with van der Waals surface area (Å²) in [5.41, 5.74) is 2.56. The highest BCUT2D eigenvalue weighted by Crippen LogP contribution is 2.39. The van der Waals surface area contributed by atoms with Gasteiger partial charge in [-0.3, -0.25) is 19.2 Å². The number of Topliss-reactive ketones (excluding diaryl/α,β-unsaturated/α-hetero) is 1. The first-order valence-corrected chi connectivity index (χ1v) is 12.5. The lowest BCUT2D eigenvalue weighted by atomic mass is 9.93. The number of carbonyl (C=O) groups is 2. The zero-order valence-corrected chi connectivity index (χ0v) is 21.6. The van der Waals surface area contributed by atoms with E-state index in [-0.39, 0.29) is 41.1 Å². The van der Waals surface area contributed by atoms with Crippen molar-refractivity contribution in [1.29, 1.82) is 0 Å². The number of thiol groups is 1. The highest BCUT2D eigenvalue weighted by Gasteiger charge is 2.40. The number of ketones is 1. The molecule has 0 amide bonds. The smallest absolute Gasteiger partial charge is 0.306 e. The van der Waals surface area contributed by atoms with E-state index in [9.17, 15) is 14.0 Å². The van der Waals surface area contributed by atoms with E-state index in [4.69, 9.17) is 17.4 Å². The minimum absolute atomic E-state index is 0. The second-order valence-electron chi connectivity index (χ2n) is 9.03. The summed E-state index contributed by atoms with van der Waals surface area (Å²) in [6, 6.07) is 6.07. The van der Waals surface area contributed by atoms with Crippen molar-refractivity contribution in [2.24, 2.45) is 5.92 Å². The number of benzene rings is 1. The Labute approximate surface area is 217 Å². The SMILES string of the molecule is CCOC(=O)CCc1cnn(C/C=C2\CN(C(C(=O)C3CC3)c3ccccc3F)CCC2S)c1.Cl. The number of esters is 1. The van der Waals surface area contributed by atoms with Crippen LogP contribution < -0.4 is 0 Å². The summed E-state index contributed by atoms with van der Waals surface area (Å²) in [5, 5.41) is 4.49. The fourth-order valence-electron chi connectivity index (χ4n) is 4.46. The van der Waals surface area contributed by atoms with Gasteiger partial charge in [0.15, 0.2) is 5.78 Å². The maximum absolute atomic E-state index is 14.7. The van der Waals surface area contributed by atoms with E-state index >= 15 is 0 Å². The molecule has 2 unspecified atom stereocenters. The molecule has 0 radical (unpaired) electrons. The summed E-state index contributed by atoms with van der Waals surface area (Å²) >= 11 is 4.77. The number of carbonyl (C=O) groups excluding carboxylic acids is 2. The van der Waals surface area contributed by atoms with Crippen LogP contribution in [-0.4, -0.2) is 51.4 Å². The molecule has 9 heteroatoms. The number of halogens is 2. The Morgan fingerprint density at radius 3 is 2.77 bits per heavy atom. The summed E-state index contributed by atoms with van der Waals surface area (Å²) in [4.78, 5) is 26.9. The minimum atomic E-state index is -0.558. The zero-order chi connectivity index (χ0) is 24.1. The molecule has 190 valence electrons. The van der Waals surface area contributed by atoms with E-state index in [0.717, 1.165) is 30.4 Å². The van der Waals surface area contributed by atoms with Crippen molar-refractivity contribution in [2.45, 2.75) is 56.9 Å². The van der Waals surface area contributed by atoms with Gasteiger partial charge in [0.25, 0.3) is 0 Å². The van der Waals surface area contributed by atoms with Crippen molar-refractivity contribution in [3.8, 4) is 0 Å². The summed E-state index contributed by atoms with van der Waals surface area (Å²) in [6.45, 7) is 4.02. The summed E-state index contributed by atoms with van der Waals surface area (Å²) in [6.07, 6.45) is 9.32. The molecule has 1 aromatic heterocycles. The molecule has 2 aromatic rings. The molecule has 35 heavy (non-hydrogen) atoms. The van der Waals surface area contributed by atoms with Crippen LogP contribution in [0.3, 0.4) is 0 Å². The Kier molecular flexibility index (Phi) is 9.95. The molecular weight excluding hydrogens is 489 g/mol. The van der Waals surface area contributed by atoms with Crippen LogP contribution >= 0.6 is 25.0 Å². The van der Waals surface area contributed by atoms with E-state index in [1.54, 1.807) is 31.3 Å². The Morgan fingerprint density at radius 2 is 2.06 bits per heavy atom. The number of hydrogen-bond acceptors (Lipinski definition) is 6. The predicted octanol–water partition coefficient (Wildman–Crippen LogP) is 4.59. The van der Waals surface area contributed by atoms with Gasteiger partial charge in [-0.15, -0.1) is 12.4 Å². The molecule has 6 nitrogen and oxygen atoms in total. The van der Waals surface area contributed by atoms with E-state index < -0.39 is 6.04 Å². The normalized spacial score (nSPS) is 20.3. The number of aryl methyl sites for hydroxylation is 1. The van der Waals surface area contributed by atoms with Gasteiger partial charge in [-0.05, 0) is 49.8 Å². The molecule has 2 heterocycles. The molecule has 1 aliphatic carbocycles. The van der Waals surface area contributed by atoms with Crippen LogP contribution in [0.2, 0.25) is 0 Å². The van der Waals surface area contributed by atoms with Gasteiger partial charge >= 0.3 is 5.97 Å². The minimum Gasteiger partial charge on any atom is -0.466 e. The van der Waals surface area contributed by atoms with Crippen molar-refractivity contribution in [2.75, 3.05) is 19.7 Å². The lowest BCUT2D eigenvalue weighted by molar-refractivity contribution is -0.143. The number of likely N-dealkylation sites (tertiary alicyclic amines) is 1. The van der Waals surface area contributed by atoms with E-state index in [0.29, 0.717) is 44.6 Å². The van der Waals surface area contributed by atoms with Crippen LogP contribution in [0.5, 0.6) is 0 Å². The average Bonchev–Trinajstić information content (AvgIpc) is 3.58. The van der Waals surface area contributed by atoms with Crippen LogP contribution in [0.4, 0.5) is 4.39 Å². The van der Waals surface area contributed by atoms with Gasteiger partial charge in [0, 0.05) is 42.4 Å². The van der Waals surface area contributed by atoms with Gasteiger partial charge in [-0.25, -0.2) is 4.39 Å². The highest BCUT2D eigenvalue weighted by molar-refractivity contribution is 7.81. The Hall–Kier alpha value is -2.16. The lowest BCUT2D eigenvalue weighted by Gasteiger charge is -2.37. The van der Waals surface area contributed by atoms with Crippen LogP contribution in [0.25, 0.3) is 0 Å². The third-order valence-electron chi connectivity index (χ3n) is 6.47. The second-order valence-corrected chi connectivity index (χ2v) is 9.65. The number of nitrogens with zero attached hydrogens (tertiary/aromatic N) is 3. The van der Waals surface area contributed by atoms with Crippen molar-refractivity contribution >= 4 is 36.8 Å². The van der Waals surface area contributed by atoms with Crippen molar-refractivity contribution in [1.82, 2.24) is 14.7 Å². The maximum Gasteiger partial charge on any atom is 0.306 e. The monoisotopic (exact) mass is 521 g/mol. The van der Waals surface area contributed by atoms with Gasteiger partial charge in [0.1, 0.15) is 5.82 Å². The fraction of sp³-hybridized carbons (Fsp3) is 0.500. The second kappa shape index (κ2) is 12.7. The number of rotatable bonds is 10. The molecule has 2 atom stereocenters. The van der Waals surface area contributed by atoms with Gasteiger partial charge in [-0.2, -0.15) is 17.7 Å². The van der Waals surface area contributed by atoms with E-state index in [1.165, 1.54) is 6.07 Å². The van der Waals surface area contributed by atoms with E-state index in [1.807, 2.05) is 10.9 Å². The Balaban J connectivity index is 0.00000342. The molecule has 1 saturated carbocycles. The molecule has 4 rings (SSSR count). The van der Waals surface area contributed by atoms with Crippen molar-refractivity contribution < 1.29 is 18.7 Å². The van der Waals surface area contributed by atoms with Crippen molar-refractivity contribution in [3.63, 3.8) is 0 Å². The van der Waals surface area contributed by atoms with Crippen LogP contribution in [0.15, 0.2) is 48.3 Å². The molecule has 1 saturated heterocycles. The molecule has 0 spiro atoms. The number of hydrogen-bond donors (Lipinski definition) is 1. The predicted molar refractivity (Wildman–Crippen MR) is 138 cm³/mol. The first-order chi connectivity index (χ1) is 16.5. The number of allylic oxidation sites excluding steroid dienone is 1. The Bertz CT molecular complexity index is 1060. The van der Waals surface area contributed by atoms with E-state index in [2.05, 4.69) is 16.1 Å². The standard InChI is InChI=1S/C26H32FN3O3S.ClH/c1-2-33-24(31)10-7-18-15-28-30(16-18)14-11-20-17-29(13-12-23(20)34)25(26(32)19-8-9-19)21-5-3-4-6-22(21)27;/h3-6,11,15-16,19,23,25,34H,2,7-10,12-14,17H2,1H3;1H/b20-11+;. The number of ether oxygens (including phenoxy) is 1. The average molecular weight is 522 g/mol. The van der Waals surface area contributed by atoms with Gasteiger partial charge in [0.05, 0.1) is 25.4 Å². The number of piperidine rings is 1. The first-order valence-electron chi connectivity index (χ1n) is 12.0. The maximum atomic E-state index is 14.7. The zero-order valence-electron chi connectivity index (χ0n) is 19.9. The summed E-state index contributed by atoms with van der Waals surface area (Å²) < 4.78 is 21.5. The molecular formula is C26H33ClFN3O3S. The topological polar surface area (TPSA) is 64.4 Å². The largest absolute Gasteiger partial charge is 0.466 e. The van der Waals surface area contributed by atoms with Crippen LogP contribution in [-0.2, 0) is 27.3 Å². The molecule has 2 fully saturated rings. The van der Waals surface area contributed by atoms with Gasteiger partial charge in [-0.1, -0.05) is 24.3 Å². The summed E-state index contributed by atoms with van der Waals surface area (Å²) in [5.74, 6) is -0.363.